The van der Waals surface area contributed by atoms with E-state index in [1.54, 1.807) is 0 Å². The zero-order valence-electron chi connectivity index (χ0n) is 31.9. The topological polar surface area (TPSA) is 25.3 Å². The van der Waals surface area contributed by atoms with Crippen LogP contribution in [0.4, 0.5) is 0 Å². The predicted octanol–water partition coefficient (Wildman–Crippen LogP) is 15.7. The molecule has 3 rings (SSSR count). The van der Waals surface area contributed by atoms with E-state index in [4.69, 9.17) is 0 Å². The first kappa shape index (κ1) is 42.2. The molecule has 0 amide bonds. The molecule has 0 N–H and O–H groups in total. The van der Waals surface area contributed by atoms with E-state index in [1.807, 2.05) is 14.4 Å². The Morgan fingerprint density at radius 3 is 1.42 bits per heavy atom. The van der Waals surface area contributed by atoms with Crippen LogP contribution in [-0.2, 0) is 14.4 Å². The molecule has 272 valence electrons. The first-order valence-corrected chi connectivity index (χ1v) is 21.4. The molecule has 0 bridgehead atoms. The number of hydrogen-bond acceptors (Lipinski definition) is 0. The molecule has 1 aliphatic rings. The molecule has 0 unspecified atom stereocenters. The molecule has 3 heteroatoms. The third-order valence-corrected chi connectivity index (χ3v) is 10.8. The number of allylic oxidation sites excluding steroid dienone is 2. The Labute approximate surface area is 304 Å². The van der Waals surface area contributed by atoms with Crippen molar-refractivity contribution < 1.29 is 19.1 Å². The number of aryl methyl sites for hydroxylation is 2. The Balaban J connectivity index is 0.000000368. The molecule has 2 aromatic rings. The summed E-state index contributed by atoms with van der Waals surface area (Å²) in [5.74, 6) is 0. The van der Waals surface area contributed by atoms with Crippen LogP contribution in [-0.4, -0.2) is 4.70 Å². The zero-order chi connectivity index (χ0) is 34.7. The van der Waals surface area contributed by atoms with Crippen molar-refractivity contribution in [2.45, 2.75) is 187 Å². The Kier molecular flexibility index (Phi) is 24.4. The van der Waals surface area contributed by atoms with E-state index >= 15 is 0 Å². The molecule has 0 radical (unpaired) electrons. The molecule has 2 aromatic carbocycles. The van der Waals surface area contributed by atoms with Crippen LogP contribution in [0.25, 0.3) is 16.9 Å². The fourth-order valence-electron chi connectivity index (χ4n) is 6.43. The molecule has 0 aromatic heterocycles. The van der Waals surface area contributed by atoms with Gasteiger partial charge in [0.05, 0.1) is 0 Å². The number of unbranched alkanes of at least 4 members (excludes halogenated alkanes) is 18. The van der Waals surface area contributed by atoms with Gasteiger partial charge in [-0.15, -0.1) is 0 Å². The standard InChI is InChI=1S/C27H34N2.2C9H19.Ni/c1-4-5-6-7-8-9-10-15-25-20-26(23-16-11-13-21(2)18-23)29(28)27(25)24-17-12-14-22(3)19-24;2*1-3-5-7-9-8-6-4-2;/h11-14,16-20H,4-10,15H2,1-3H3;2*1,3-9H2,2H3;. The van der Waals surface area contributed by atoms with Crippen LogP contribution in [0.5, 0.6) is 0 Å². The summed E-state index contributed by atoms with van der Waals surface area (Å²) in [5, 5.41) is 2.85. The second kappa shape index (κ2) is 27.8. The molecule has 0 spiro atoms. The minimum absolute atomic E-state index is 0.878. The van der Waals surface area contributed by atoms with Crippen LogP contribution in [0.15, 0.2) is 60.2 Å². The number of nitrogens with zero attached hydrogens (tertiary/aromatic N) is 2. The van der Waals surface area contributed by atoms with Crippen molar-refractivity contribution in [2.24, 2.45) is 0 Å². The van der Waals surface area contributed by atoms with Gasteiger partial charge in [0.15, 0.2) is 0 Å². The van der Waals surface area contributed by atoms with Gasteiger partial charge in [-0.2, -0.15) is 0 Å². The summed E-state index contributed by atoms with van der Waals surface area (Å²) in [5.41, 5.74) is 18.7. The number of rotatable bonds is 26. The van der Waals surface area contributed by atoms with E-state index in [-0.39, 0.29) is 0 Å². The normalized spacial score (nSPS) is 12.9. The molecular weight excluding hydrogens is 627 g/mol. The van der Waals surface area contributed by atoms with Gasteiger partial charge >= 0.3 is 129 Å². The van der Waals surface area contributed by atoms with Gasteiger partial charge in [-0.25, -0.2) is 4.70 Å². The molecule has 0 aliphatic carbocycles. The summed E-state index contributed by atoms with van der Waals surface area (Å²) in [7, 11) is 0. The van der Waals surface area contributed by atoms with E-state index in [9.17, 15) is 5.53 Å². The molecule has 48 heavy (non-hydrogen) atoms. The second-order valence-electron chi connectivity index (χ2n) is 14.0. The van der Waals surface area contributed by atoms with Crippen molar-refractivity contribution in [1.82, 2.24) is 0 Å². The molecule has 1 heterocycles. The fourth-order valence-corrected chi connectivity index (χ4v) is 7.67. The van der Waals surface area contributed by atoms with Gasteiger partial charge in [0.1, 0.15) is 0 Å². The van der Waals surface area contributed by atoms with Crippen LogP contribution in [0, 0.1) is 13.8 Å². The van der Waals surface area contributed by atoms with Crippen LogP contribution >= 0.6 is 0 Å². The van der Waals surface area contributed by atoms with Crippen LogP contribution in [0.3, 0.4) is 0 Å². The van der Waals surface area contributed by atoms with Gasteiger partial charge in [-0.1, -0.05) is 80.8 Å². The zero-order valence-corrected chi connectivity index (χ0v) is 32.9. The van der Waals surface area contributed by atoms with Gasteiger partial charge in [-0.3, -0.25) is 0 Å². The second-order valence-corrected chi connectivity index (χ2v) is 15.5. The summed E-state index contributed by atoms with van der Waals surface area (Å²) in [4.78, 5) is 0. The predicted molar refractivity (Wildman–Crippen MR) is 209 cm³/mol. The Bertz CT molecular complexity index is 1180. The monoisotopic (exact) mass is 699 g/mol. The van der Waals surface area contributed by atoms with Crippen LogP contribution < -0.4 is 0 Å². The summed E-state index contributed by atoms with van der Waals surface area (Å²) < 4.78 is 1.40. The van der Waals surface area contributed by atoms with Crippen molar-refractivity contribution in [3.63, 3.8) is 0 Å². The SMILES string of the molecule is CCCCCCCCCC1=C(c2cccc(C)c2)[N+](=[N-])C(c2cccc(C)c2)=C1.CCCCCCCC[CH2][Ni][CH2]CCCCCCCC. The minimum atomic E-state index is 0.878. The third kappa shape index (κ3) is 18.1. The van der Waals surface area contributed by atoms with Gasteiger partial charge in [0.25, 0.3) is 0 Å². The average molecular weight is 700 g/mol. The molecule has 0 saturated heterocycles. The maximum absolute atomic E-state index is 11.1. The van der Waals surface area contributed by atoms with Crippen molar-refractivity contribution in [3.05, 3.63) is 88.0 Å². The van der Waals surface area contributed by atoms with E-state index in [0.29, 0.717) is 0 Å². The van der Waals surface area contributed by atoms with E-state index in [2.05, 4.69) is 89.2 Å². The van der Waals surface area contributed by atoms with Crippen molar-refractivity contribution >= 4 is 11.4 Å². The summed E-state index contributed by atoms with van der Waals surface area (Å²) in [6.07, 6.45) is 32.6. The molecular formula is C45H72N2Ni. The molecule has 1 aliphatic heterocycles. The number of hydrogen-bond donors (Lipinski definition) is 0. The fraction of sp³-hybridized carbons (Fsp3) is 0.644. The van der Waals surface area contributed by atoms with Gasteiger partial charge in [0, 0.05) is 22.8 Å². The van der Waals surface area contributed by atoms with E-state index in [1.165, 1.54) is 167 Å². The van der Waals surface area contributed by atoms with Crippen molar-refractivity contribution in [2.75, 3.05) is 0 Å². The quantitative estimate of drug-likeness (QED) is 0.0531. The van der Waals surface area contributed by atoms with Gasteiger partial charge in [-0.05, 0) is 51.0 Å². The van der Waals surface area contributed by atoms with Crippen LogP contribution in [0.1, 0.15) is 184 Å². The Morgan fingerprint density at radius 1 is 0.521 bits per heavy atom. The van der Waals surface area contributed by atoms with Gasteiger partial charge in [0.2, 0.25) is 11.4 Å². The molecule has 0 fully saturated rings. The summed E-state index contributed by atoms with van der Waals surface area (Å²) in [6.45, 7) is 11.0. The third-order valence-electron chi connectivity index (χ3n) is 9.36. The maximum atomic E-state index is 11.1. The molecule has 0 atom stereocenters. The van der Waals surface area contributed by atoms with Crippen molar-refractivity contribution in [3.8, 4) is 0 Å². The molecule has 0 saturated carbocycles. The van der Waals surface area contributed by atoms with Gasteiger partial charge < -0.3 is 5.53 Å². The van der Waals surface area contributed by atoms with E-state index in [0.717, 1.165) is 28.9 Å². The first-order valence-electron chi connectivity index (χ1n) is 20.0. The summed E-state index contributed by atoms with van der Waals surface area (Å²) in [6, 6.07) is 16.8. The Morgan fingerprint density at radius 2 is 0.938 bits per heavy atom. The average Bonchev–Trinajstić information content (AvgIpc) is 3.42. The first-order chi connectivity index (χ1) is 23.5. The van der Waals surface area contributed by atoms with E-state index < -0.39 is 0 Å². The molecule has 2 nitrogen and oxygen atoms in total. The van der Waals surface area contributed by atoms with Crippen LogP contribution in [0.2, 0.25) is 10.8 Å². The number of benzene rings is 2. The summed E-state index contributed by atoms with van der Waals surface area (Å²) >= 11 is 2.01. The Hall–Kier alpha value is -1.99. The van der Waals surface area contributed by atoms with Crippen molar-refractivity contribution in [1.29, 1.82) is 0 Å².